The molecule has 3 fully saturated rings. The number of piperidine rings is 1. The summed E-state index contributed by atoms with van der Waals surface area (Å²) in [6.45, 7) is 3.50. The summed E-state index contributed by atoms with van der Waals surface area (Å²) in [5.41, 5.74) is 6.19. The molecule has 18 heavy (non-hydrogen) atoms. The lowest BCUT2D eigenvalue weighted by Crippen LogP contribution is -2.49. The predicted molar refractivity (Wildman–Crippen MR) is 73.2 cm³/mol. The van der Waals surface area contributed by atoms with E-state index >= 15 is 0 Å². The summed E-state index contributed by atoms with van der Waals surface area (Å²) in [6, 6.07) is 0.329. The minimum absolute atomic E-state index is 0.0501. The maximum Gasteiger partial charge on any atom is 0.0571 e. The van der Waals surface area contributed by atoms with Crippen LogP contribution in [0.1, 0.15) is 44.9 Å². The second kappa shape index (κ2) is 5.48. The van der Waals surface area contributed by atoms with Crippen LogP contribution in [0.2, 0.25) is 0 Å². The molecule has 0 bridgehead atoms. The second-order valence-corrected chi connectivity index (χ2v) is 7.02. The topological polar surface area (TPSA) is 49.5 Å². The van der Waals surface area contributed by atoms with Crippen molar-refractivity contribution in [2.45, 2.75) is 57.1 Å². The number of aliphatic hydroxyl groups is 1. The highest BCUT2D eigenvalue weighted by Gasteiger charge is 2.34. The van der Waals surface area contributed by atoms with Gasteiger partial charge in [-0.2, -0.15) is 0 Å². The van der Waals surface area contributed by atoms with Crippen LogP contribution >= 0.6 is 0 Å². The Balaban J connectivity index is 1.47. The highest BCUT2D eigenvalue weighted by atomic mass is 16.3. The molecule has 0 aromatic rings. The van der Waals surface area contributed by atoms with E-state index in [1.807, 2.05) is 0 Å². The molecular weight excluding hydrogens is 224 g/mol. The van der Waals surface area contributed by atoms with Crippen molar-refractivity contribution in [3.8, 4) is 0 Å². The van der Waals surface area contributed by atoms with Crippen molar-refractivity contribution in [2.24, 2.45) is 23.5 Å². The van der Waals surface area contributed by atoms with E-state index in [1.165, 1.54) is 45.2 Å². The molecule has 1 heterocycles. The number of rotatable bonds is 5. The molecule has 3 heteroatoms. The maximum absolute atomic E-state index is 10.1. The number of hydrogen-bond donors (Lipinski definition) is 2. The van der Waals surface area contributed by atoms with Gasteiger partial charge in [-0.25, -0.2) is 0 Å². The molecule has 3 atom stereocenters. The van der Waals surface area contributed by atoms with Gasteiger partial charge < -0.3 is 15.7 Å². The van der Waals surface area contributed by atoms with Crippen LogP contribution in [0.15, 0.2) is 0 Å². The van der Waals surface area contributed by atoms with Gasteiger partial charge in [0.05, 0.1) is 6.10 Å². The van der Waals surface area contributed by atoms with E-state index in [-0.39, 0.29) is 6.10 Å². The zero-order valence-electron chi connectivity index (χ0n) is 11.4. The normalized spacial score (nSPS) is 36.3. The zero-order valence-corrected chi connectivity index (χ0v) is 11.4. The Bertz CT molecular complexity index is 276. The Kier molecular flexibility index (Phi) is 3.92. The van der Waals surface area contributed by atoms with Crippen molar-refractivity contribution >= 4 is 0 Å². The fourth-order valence-corrected chi connectivity index (χ4v) is 3.72. The van der Waals surface area contributed by atoms with Gasteiger partial charge in [0.2, 0.25) is 0 Å². The lowest BCUT2D eigenvalue weighted by Gasteiger charge is -2.40. The van der Waals surface area contributed by atoms with Gasteiger partial charge in [-0.15, -0.1) is 0 Å². The van der Waals surface area contributed by atoms with Gasteiger partial charge in [0, 0.05) is 25.7 Å². The van der Waals surface area contributed by atoms with Crippen LogP contribution < -0.4 is 5.73 Å². The van der Waals surface area contributed by atoms with E-state index in [9.17, 15) is 5.11 Å². The molecule has 0 spiro atoms. The number of nitrogens with zero attached hydrogens (tertiary/aromatic N) is 1. The Morgan fingerprint density at radius 3 is 2.50 bits per heavy atom. The molecule has 0 radical (unpaired) electrons. The van der Waals surface area contributed by atoms with Crippen molar-refractivity contribution in [1.29, 1.82) is 0 Å². The third-order valence-corrected chi connectivity index (χ3v) is 5.13. The first-order valence-corrected chi connectivity index (χ1v) is 7.86. The molecule has 2 aliphatic carbocycles. The minimum atomic E-state index is -0.0501. The van der Waals surface area contributed by atoms with Gasteiger partial charge in [0.1, 0.15) is 0 Å². The Morgan fingerprint density at radius 2 is 1.89 bits per heavy atom. The van der Waals surface area contributed by atoms with Crippen LogP contribution in [0.25, 0.3) is 0 Å². The van der Waals surface area contributed by atoms with Gasteiger partial charge in [-0.1, -0.05) is 6.42 Å². The Morgan fingerprint density at radius 1 is 1.11 bits per heavy atom. The number of aliphatic hydroxyl groups excluding tert-OH is 1. The summed E-state index contributed by atoms with van der Waals surface area (Å²) in [5, 5.41) is 10.1. The highest BCUT2D eigenvalue weighted by molar-refractivity contribution is 4.88. The summed E-state index contributed by atoms with van der Waals surface area (Å²) in [4.78, 5) is 2.57. The monoisotopic (exact) mass is 252 g/mol. The summed E-state index contributed by atoms with van der Waals surface area (Å²) in [7, 11) is 0. The fraction of sp³-hybridized carbons (Fsp3) is 1.00. The third-order valence-electron chi connectivity index (χ3n) is 5.13. The number of nitrogens with two attached hydrogens (primary N) is 1. The molecule has 104 valence electrons. The highest BCUT2D eigenvalue weighted by Crippen LogP contribution is 2.36. The molecular formula is C15H28N2O. The predicted octanol–water partition coefficient (Wildman–Crippen LogP) is 1.60. The van der Waals surface area contributed by atoms with Crippen molar-refractivity contribution in [1.82, 2.24) is 4.90 Å². The van der Waals surface area contributed by atoms with Crippen LogP contribution in [-0.2, 0) is 0 Å². The number of hydrogen-bond acceptors (Lipinski definition) is 3. The van der Waals surface area contributed by atoms with Gasteiger partial charge in [0.25, 0.3) is 0 Å². The quantitative estimate of drug-likeness (QED) is 0.781. The molecule has 0 aromatic carbocycles. The molecule has 3 rings (SSSR count). The fourth-order valence-electron chi connectivity index (χ4n) is 3.72. The zero-order chi connectivity index (χ0) is 12.5. The van der Waals surface area contributed by atoms with E-state index < -0.39 is 0 Å². The van der Waals surface area contributed by atoms with E-state index in [1.54, 1.807) is 0 Å². The first-order chi connectivity index (χ1) is 8.70. The standard InChI is InChI=1S/C15H28N2O/c16-14-6-12(7-15(18)13-4-5-13)9-17(10-14)8-11-2-1-3-11/h11-15,18H,1-10,16H2. The van der Waals surface area contributed by atoms with E-state index in [0.717, 1.165) is 25.3 Å². The van der Waals surface area contributed by atoms with Crippen LogP contribution in [0.3, 0.4) is 0 Å². The van der Waals surface area contributed by atoms with Gasteiger partial charge in [-0.05, 0) is 56.3 Å². The number of likely N-dealkylation sites (tertiary alicyclic amines) is 1. The molecule has 1 aliphatic heterocycles. The molecule has 3 N–H and O–H groups in total. The van der Waals surface area contributed by atoms with E-state index in [2.05, 4.69) is 4.90 Å². The molecule has 0 amide bonds. The third kappa shape index (κ3) is 3.25. The summed E-state index contributed by atoms with van der Waals surface area (Å²) >= 11 is 0. The first-order valence-electron chi connectivity index (χ1n) is 7.86. The van der Waals surface area contributed by atoms with Gasteiger partial charge >= 0.3 is 0 Å². The summed E-state index contributed by atoms with van der Waals surface area (Å²) < 4.78 is 0. The first kappa shape index (κ1) is 12.9. The molecule has 3 nitrogen and oxygen atoms in total. The molecule has 3 aliphatic rings. The summed E-state index contributed by atoms with van der Waals surface area (Å²) in [5.74, 6) is 2.18. The molecule has 3 unspecified atom stereocenters. The van der Waals surface area contributed by atoms with Crippen LogP contribution in [0.5, 0.6) is 0 Å². The maximum atomic E-state index is 10.1. The van der Waals surface area contributed by atoms with Gasteiger partial charge in [-0.3, -0.25) is 0 Å². The van der Waals surface area contributed by atoms with Gasteiger partial charge in [0.15, 0.2) is 0 Å². The average molecular weight is 252 g/mol. The molecule has 0 aromatic heterocycles. The largest absolute Gasteiger partial charge is 0.393 e. The van der Waals surface area contributed by atoms with Crippen LogP contribution in [-0.4, -0.2) is 41.8 Å². The van der Waals surface area contributed by atoms with E-state index in [0.29, 0.717) is 17.9 Å². The molecule has 2 saturated carbocycles. The minimum Gasteiger partial charge on any atom is -0.393 e. The lowest BCUT2D eigenvalue weighted by molar-refractivity contribution is 0.0671. The van der Waals surface area contributed by atoms with Crippen molar-refractivity contribution < 1.29 is 5.11 Å². The lowest BCUT2D eigenvalue weighted by atomic mass is 9.83. The van der Waals surface area contributed by atoms with Crippen molar-refractivity contribution in [2.75, 3.05) is 19.6 Å². The Labute approximate surface area is 111 Å². The average Bonchev–Trinajstić information content (AvgIpc) is 3.06. The SMILES string of the molecule is NC1CC(CC(O)C2CC2)CN(CC2CCC2)C1. The summed E-state index contributed by atoms with van der Waals surface area (Å²) in [6.07, 6.45) is 8.80. The van der Waals surface area contributed by atoms with Crippen LogP contribution in [0, 0.1) is 17.8 Å². The van der Waals surface area contributed by atoms with Crippen molar-refractivity contribution in [3.05, 3.63) is 0 Å². The molecule has 1 saturated heterocycles. The smallest absolute Gasteiger partial charge is 0.0571 e. The van der Waals surface area contributed by atoms with E-state index in [4.69, 9.17) is 5.73 Å². The van der Waals surface area contributed by atoms with Crippen LogP contribution in [0.4, 0.5) is 0 Å². The Hall–Kier alpha value is -0.120. The second-order valence-electron chi connectivity index (χ2n) is 7.02. The van der Waals surface area contributed by atoms with Crippen molar-refractivity contribution in [3.63, 3.8) is 0 Å².